The zero-order chi connectivity index (χ0) is 14.3. The molecule has 0 amide bonds. The average molecular weight is 388 g/mol. The minimum absolute atomic E-state index is 0.386. The Morgan fingerprint density at radius 3 is 2.50 bits per heavy atom. The maximum Gasteiger partial charge on any atom is 0.163 e. The number of para-hydroxylation sites is 1. The summed E-state index contributed by atoms with van der Waals surface area (Å²) in [7, 11) is 0. The second kappa shape index (κ2) is 5.49. The van der Waals surface area contributed by atoms with Crippen molar-refractivity contribution in [3.05, 3.63) is 56.1 Å². The second-order valence-corrected chi connectivity index (χ2v) is 6.15. The fourth-order valence-electron chi connectivity index (χ4n) is 1.87. The van der Waals surface area contributed by atoms with Crippen molar-refractivity contribution in [3.8, 4) is 11.4 Å². The lowest BCUT2D eigenvalue weighted by atomic mass is 10.2. The molecule has 0 atom stereocenters. The largest absolute Gasteiger partial charge is 0.227 e. The van der Waals surface area contributed by atoms with E-state index < -0.39 is 0 Å². The van der Waals surface area contributed by atoms with E-state index in [0.29, 0.717) is 26.6 Å². The van der Waals surface area contributed by atoms with E-state index in [9.17, 15) is 0 Å². The molecule has 1 aromatic heterocycles. The SMILES string of the molecule is Clc1ccc(-c2nc(Cl)c3cccc(Br)c3n2)c(Cl)c1. The Labute approximate surface area is 138 Å². The quantitative estimate of drug-likeness (QED) is 0.477. The van der Waals surface area contributed by atoms with E-state index in [4.69, 9.17) is 34.8 Å². The van der Waals surface area contributed by atoms with Gasteiger partial charge in [0.2, 0.25) is 0 Å². The van der Waals surface area contributed by atoms with Gasteiger partial charge in [0, 0.05) is 20.4 Å². The number of fused-ring (bicyclic) bond motifs is 1. The lowest BCUT2D eigenvalue weighted by Gasteiger charge is -2.07. The van der Waals surface area contributed by atoms with Gasteiger partial charge in [-0.3, -0.25) is 0 Å². The first kappa shape index (κ1) is 14.1. The van der Waals surface area contributed by atoms with E-state index in [1.54, 1.807) is 18.2 Å². The molecular formula is C14H6BrCl3N2. The van der Waals surface area contributed by atoms with Crippen LogP contribution in [0.5, 0.6) is 0 Å². The molecule has 0 fully saturated rings. The lowest BCUT2D eigenvalue weighted by Crippen LogP contribution is -1.93. The Hall–Kier alpha value is -0.870. The first-order valence-corrected chi connectivity index (χ1v) is 7.56. The topological polar surface area (TPSA) is 25.8 Å². The molecule has 3 rings (SSSR count). The smallest absolute Gasteiger partial charge is 0.163 e. The molecule has 2 aromatic carbocycles. The van der Waals surface area contributed by atoms with E-state index in [-0.39, 0.29) is 0 Å². The Bertz CT molecular complexity index is 821. The van der Waals surface area contributed by atoms with Crippen molar-refractivity contribution in [1.29, 1.82) is 0 Å². The predicted octanol–water partition coefficient (Wildman–Crippen LogP) is 6.02. The highest BCUT2D eigenvalue weighted by atomic mass is 79.9. The normalized spacial score (nSPS) is 11.0. The maximum absolute atomic E-state index is 6.23. The summed E-state index contributed by atoms with van der Waals surface area (Å²) in [5.74, 6) is 0.469. The van der Waals surface area contributed by atoms with Gasteiger partial charge in [-0.05, 0) is 46.3 Å². The third kappa shape index (κ3) is 2.51. The molecule has 0 N–H and O–H groups in total. The zero-order valence-corrected chi connectivity index (χ0v) is 13.7. The molecule has 6 heteroatoms. The molecule has 0 spiro atoms. The van der Waals surface area contributed by atoms with Gasteiger partial charge in [0.15, 0.2) is 5.82 Å². The van der Waals surface area contributed by atoms with E-state index in [1.165, 1.54) is 0 Å². The van der Waals surface area contributed by atoms with Gasteiger partial charge in [0.05, 0.1) is 10.5 Å². The highest BCUT2D eigenvalue weighted by Crippen LogP contribution is 2.33. The molecule has 2 nitrogen and oxygen atoms in total. The number of hydrogen-bond donors (Lipinski definition) is 0. The lowest BCUT2D eigenvalue weighted by molar-refractivity contribution is 1.22. The average Bonchev–Trinajstić information content (AvgIpc) is 2.40. The minimum Gasteiger partial charge on any atom is -0.227 e. The summed E-state index contributed by atoms with van der Waals surface area (Å²) in [6, 6.07) is 10.8. The first-order valence-electron chi connectivity index (χ1n) is 5.63. The van der Waals surface area contributed by atoms with Crippen LogP contribution in [0.2, 0.25) is 15.2 Å². The van der Waals surface area contributed by atoms with Crippen LogP contribution in [-0.4, -0.2) is 9.97 Å². The van der Waals surface area contributed by atoms with Crippen LogP contribution in [0.25, 0.3) is 22.3 Å². The van der Waals surface area contributed by atoms with Crippen LogP contribution in [0.1, 0.15) is 0 Å². The van der Waals surface area contributed by atoms with Crippen molar-refractivity contribution in [2.75, 3.05) is 0 Å². The summed E-state index contributed by atoms with van der Waals surface area (Å²) in [5.41, 5.74) is 1.43. The summed E-state index contributed by atoms with van der Waals surface area (Å²) in [6.07, 6.45) is 0. The van der Waals surface area contributed by atoms with Crippen LogP contribution in [0.15, 0.2) is 40.9 Å². The van der Waals surface area contributed by atoms with Crippen molar-refractivity contribution in [1.82, 2.24) is 9.97 Å². The van der Waals surface area contributed by atoms with Crippen LogP contribution < -0.4 is 0 Å². The first-order chi connectivity index (χ1) is 9.56. The van der Waals surface area contributed by atoms with Gasteiger partial charge < -0.3 is 0 Å². The van der Waals surface area contributed by atoms with Crippen molar-refractivity contribution < 1.29 is 0 Å². The molecular weight excluding hydrogens is 382 g/mol. The Balaban J connectivity index is 2.29. The number of aromatic nitrogens is 2. The van der Waals surface area contributed by atoms with E-state index in [1.807, 2.05) is 18.2 Å². The summed E-state index contributed by atoms with van der Waals surface area (Å²) in [4.78, 5) is 8.84. The maximum atomic E-state index is 6.23. The number of rotatable bonds is 1. The molecule has 0 aliphatic carbocycles. The Morgan fingerprint density at radius 2 is 1.75 bits per heavy atom. The van der Waals surface area contributed by atoms with Gasteiger partial charge in [0.25, 0.3) is 0 Å². The third-order valence-electron chi connectivity index (χ3n) is 2.80. The number of nitrogens with zero attached hydrogens (tertiary/aromatic N) is 2. The summed E-state index contributed by atoms with van der Waals surface area (Å²) < 4.78 is 0.852. The molecule has 0 aliphatic heterocycles. The fourth-order valence-corrected chi connectivity index (χ4v) is 3.05. The molecule has 0 aliphatic rings. The Morgan fingerprint density at radius 1 is 0.950 bits per heavy atom. The van der Waals surface area contributed by atoms with Crippen molar-refractivity contribution >= 4 is 61.6 Å². The van der Waals surface area contributed by atoms with Gasteiger partial charge in [-0.25, -0.2) is 9.97 Å². The Kier molecular flexibility index (Phi) is 3.87. The van der Waals surface area contributed by atoms with Gasteiger partial charge in [-0.15, -0.1) is 0 Å². The molecule has 0 unspecified atom stereocenters. The molecule has 0 radical (unpaired) electrons. The highest BCUT2D eigenvalue weighted by molar-refractivity contribution is 9.10. The number of benzene rings is 2. The van der Waals surface area contributed by atoms with Crippen molar-refractivity contribution in [3.63, 3.8) is 0 Å². The van der Waals surface area contributed by atoms with Crippen molar-refractivity contribution in [2.45, 2.75) is 0 Å². The standard InChI is InChI=1S/C14H6BrCl3N2/c15-10-3-1-2-9-12(10)19-14(20-13(9)18)8-5-4-7(16)6-11(8)17/h1-6H. The summed E-state index contributed by atoms with van der Waals surface area (Å²) in [5, 5.41) is 2.22. The third-order valence-corrected chi connectivity index (χ3v) is 4.28. The van der Waals surface area contributed by atoms with Gasteiger partial charge in [-0.1, -0.05) is 40.9 Å². The summed E-state index contributed by atoms with van der Waals surface area (Å²) in [6.45, 7) is 0. The summed E-state index contributed by atoms with van der Waals surface area (Å²) >= 11 is 21.8. The molecule has 0 saturated carbocycles. The predicted molar refractivity (Wildman–Crippen MR) is 87.7 cm³/mol. The van der Waals surface area contributed by atoms with Crippen molar-refractivity contribution in [2.24, 2.45) is 0 Å². The fraction of sp³-hybridized carbons (Fsp3) is 0. The molecule has 1 heterocycles. The number of halogens is 4. The number of hydrogen-bond acceptors (Lipinski definition) is 2. The van der Waals surface area contributed by atoms with Gasteiger partial charge >= 0.3 is 0 Å². The van der Waals surface area contributed by atoms with E-state index >= 15 is 0 Å². The van der Waals surface area contributed by atoms with Crippen LogP contribution in [0, 0.1) is 0 Å². The molecule has 3 aromatic rings. The van der Waals surface area contributed by atoms with Crippen LogP contribution >= 0.6 is 50.7 Å². The molecule has 100 valence electrons. The van der Waals surface area contributed by atoms with Gasteiger partial charge in [0.1, 0.15) is 5.15 Å². The minimum atomic E-state index is 0.386. The van der Waals surface area contributed by atoms with E-state index in [0.717, 1.165) is 15.4 Å². The zero-order valence-electron chi connectivity index (χ0n) is 9.87. The second-order valence-electron chi connectivity index (χ2n) is 4.10. The van der Waals surface area contributed by atoms with E-state index in [2.05, 4.69) is 25.9 Å². The van der Waals surface area contributed by atoms with Crippen LogP contribution in [0.3, 0.4) is 0 Å². The molecule has 20 heavy (non-hydrogen) atoms. The van der Waals surface area contributed by atoms with Gasteiger partial charge in [-0.2, -0.15) is 0 Å². The van der Waals surface area contributed by atoms with Crippen LogP contribution in [0.4, 0.5) is 0 Å². The molecule has 0 bridgehead atoms. The molecule has 0 saturated heterocycles. The highest BCUT2D eigenvalue weighted by Gasteiger charge is 2.12. The monoisotopic (exact) mass is 386 g/mol. The van der Waals surface area contributed by atoms with Crippen LogP contribution in [-0.2, 0) is 0 Å².